The third-order valence-electron chi connectivity index (χ3n) is 4.45. The Kier molecular flexibility index (Phi) is 4.90. The maximum absolute atomic E-state index is 5.53. The van der Waals surface area contributed by atoms with Crippen LogP contribution in [0.5, 0.6) is 11.5 Å². The van der Waals surface area contributed by atoms with Gasteiger partial charge in [-0.15, -0.1) is 0 Å². The van der Waals surface area contributed by atoms with Gasteiger partial charge in [-0.05, 0) is 53.3 Å². The molecule has 0 aliphatic heterocycles. The van der Waals surface area contributed by atoms with E-state index >= 15 is 0 Å². The minimum atomic E-state index is 0.404. The van der Waals surface area contributed by atoms with Crippen LogP contribution < -0.4 is 9.47 Å². The predicted molar refractivity (Wildman–Crippen MR) is 113 cm³/mol. The molecule has 4 rings (SSSR count). The van der Waals surface area contributed by atoms with E-state index in [0.717, 1.165) is 33.4 Å². The number of fused-ring (bicyclic) bond motifs is 1. The molecular weight excluding hydrogens is 372 g/mol. The van der Waals surface area contributed by atoms with Gasteiger partial charge in [0.1, 0.15) is 11.5 Å². The summed E-state index contributed by atoms with van der Waals surface area (Å²) >= 11 is 5.37. The molecule has 4 aromatic rings. The van der Waals surface area contributed by atoms with Gasteiger partial charge in [-0.3, -0.25) is 0 Å². The number of aromatic amines is 1. The number of rotatable bonds is 5. The molecule has 0 amide bonds. The Morgan fingerprint density at radius 2 is 1.79 bits per heavy atom. The van der Waals surface area contributed by atoms with Crippen LogP contribution >= 0.6 is 12.2 Å². The number of benzene rings is 3. The van der Waals surface area contributed by atoms with Gasteiger partial charge in [0.05, 0.1) is 20.4 Å². The van der Waals surface area contributed by atoms with Gasteiger partial charge in [-0.2, -0.15) is 14.9 Å². The van der Waals surface area contributed by atoms with Crippen molar-refractivity contribution in [1.29, 1.82) is 0 Å². The molecule has 3 aromatic carbocycles. The molecule has 0 unspecified atom stereocenters. The number of ether oxygens (including phenoxy) is 2. The summed E-state index contributed by atoms with van der Waals surface area (Å²) in [5.41, 5.74) is 1.75. The molecule has 0 saturated carbocycles. The minimum Gasteiger partial charge on any atom is -0.497 e. The molecule has 0 saturated heterocycles. The fraction of sp³-hybridized carbons (Fsp3) is 0.0952. The van der Waals surface area contributed by atoms with E-state index in [9.17, 15) is 0 Å². The van der Waals surface area contributed by atoms with Gasteiger partial charge >= 0.3 is 0 Å². The first-order valence-corrected chi connectivity index (χ1v) is 9.04. The summed E-state index contributed by atoms with van der Waals surface area (Å²) in [4.78, 5) is 0. The monoisotopic (exact) mass is 390 g/mol. The summed E-state index contributed by atoms with van der Waals surface area (Å²) in [6.07, 6.45) is 1.75. The molecule has 0 aliphatic rings. The molecule has 1 aromatic heterocycles. The van der Waals surface area contributed by atoms with Crippen molar-refractivity contribution in [3.63, 3.8) is 0 Å². The summed E-state index contributed by atoms with van der Waals surface area (Å²) in [7, 11) is 3.28. The maximum Gasteiger partial charge on any atom is 0.216 e. The van der Waals surface area contributed by atoms with E-state index in [4.69, 9.17) is 21.7 Å². The Hall–Kier alpha value is -3.45. The molecule has 1 heterocycles. The highest BCUT2D eigenvalue weighted by molar-refractivity contribution is 7.71. The first-order chi connectivity index (χ1) is 13.7. The lowest BCUT2D eigenvalue weighted by molar-refractivity contribution is 0.414. The zero-order valence-electron chi connectivity index (χ0n) is 15.4. The number of aromatic nitrogens is 3. The second-order valence-electron chi connectivity index (χ2n) is 6.04. The highest BCUT2D eigenvalue weighted by atomic mass is 32.1. The van der Waals surface area contributed by atoms with Gasteiger partial charge in [0, 0.05) is 11.1 Å². The van der Waals surface area contributed by atoms with E-state index in [0.29, 0.717) is 10.6 Å². The second-order valence-corrected chi connectivity index (χ2v) is 6.43. The number of H-pyrrole nitrogens is 1. The van der Waals surface area contributed by atoms with Crippen LogP contribution in [0.1, 0.15) is 5.56 Å². The van der Waals surface area contributed by atoms with E-state index < -0.39 is 0 Å². The van der Waals surface area contributed by atoms with E-state index in [1.54, 1.807) is 25.1 Å². The Morgan fingerprint density at radius 1 is 1.00 bits per heavy atom. The smallest absolute Gasteiger partial charge is 0.216 e. The van der Waals surface area contributed by atoms with Crippen molar-refractivity contribution in [1.82, 2.24) is 14.9 Å². The van der Waals surface area contributed by atoms with Crippen LogP contribution in [0.2, 0.25) is 0 Å². The highest BCUT2D eigenvalue weighted by Gasteiger charge is 2.10. The van der Waals surface area contributed by atoms with Crippen molar-refractivity contribution in [2.24, 2.45) is 5.10 Å². The molecule has 0 atom stereocenters. The molecule has 7 heteroatoms. The minimum absolute atomic E-state index is 0.404. The lowest BCUT2D eigenvalue weighted by Crippen LogP contribution is -1.97. The van der Waals surface area contributed by atoms with Crippen LogP contribution in [0.15, 0.2) is 65.8 Å². The van der Waals surface area contributed by atoms with E-state index in [2.05, 4.69) is 21.4 Å². The molecule has 0 bridgehead atoms. The van der Waals surface area contributed by atoms with Crippen molar-refractivity contribution in [2.75, 3.05) is 14.2 Å². The van der Waals surface area contributed by atoms with Crippen molar-refractivity contribution in [3.05, 3.63) is 71.0 Å². The van der Waals surface area contributed by atoms with Gasteiger partial charge in [0.2, 0.25) is 4.77 Å². The highest BCUT2D eigenvalue weighted by Crippen LogP contribution is 2.27. The van der Waals surface area contributed by atoms with Gasteiger partial charge < -0.3 is 9.47 Å². The molecule has 0 radical (unpaired) electrons. The maximum atomic E-state index is 5.53. The third kappa shape index (κ3) is 3.27. The molecule has 0 aliphatic carbocycles. The molecule has 140 valence electrons. The van der Waals surface area contributed by atoms with Crippen LogP contribution in [0, 0.1) is 4.77 Å². The first-order valence-electron chi connectivity index (χ1n) is 8.63. The van der Waals surface area contributed by atoms with E-state index in [1.807, 2.05) is 54.6 Å². The lowest BCUT2D eigenvalue weighted by atomic mass is 10.0. The first kappa shape index (κ1) is 17.9. The number of nitrogens with one attached hydrogen (secondary N) is 1. The Balaban J connectivity index is 1.80. The van der Waals surface area contributed by atoms with Gasteiger partial charge in [-0.25, -0.2) is 5.10 Å². The van der Waals surface area contributed by atoms with Crippen molar-refractivity contribution >= 4 is 29.2 Å². The molecule has 0 spiro atoms. The quantitative estimate of drug-likeness (QED) is 0.398. The summed E-state index contributed by atoms with van der Waals surface area (Å²) in [6.45, 7) is 0. The van der Waals surface area contributed by atoms with Gasteiger partial charge in [0.15, 0.2) is 5.82 Å². The number of hydrogen-bond acceptors (Lipinski definition) is 5. The second kappa shape index (κ2) is 7.66. The predicted octanol–water partition coefficient (Wildman–Crippen LogP) is 4.66. The van der Waals surface area contributed by atoms with E-state index in [1.165, 1.54) is 0 Å². The largest absolute Gasteiger partial charge is 0.497 e. The molecule has 0 fully saturated rings. The molecular formula is C21H18N4O2S. The summed E-state index contributed by atoms with van der Waals surface area (Å²) in [5, 5.41) is 13.9. The van der Waals surface area contributed by atoms with Crippen LogP contribution in [0.25, 0.3) is 22.2 Å². The van der Waals surface area contributed by atoms with Crippen LogP contribution in [0.4, 0.5) is 0 Å². The third-order valence-corrected chi connectivity index (χ3v) is 4.72. The fourth-order valence-corrected chi connectivity index (χ4v) is 3.21. The molecule has 6 nitrogen and oxygen atoms in total. The molecule has 1 N–H and O–H groups in total. The average molecular weight is 390 g/mol. The average Bonchev–Trinajstić information content (AvgIpc) is 3.12. The summed E-state index contributed by atoms with van der Waals surface area (Å²) in [5.74, 6) is 2.12. The number of methoxy groups -OCH3 is 2. The van der Waals surface area contributed by atoms with Crippen molar-refractivity contribution in [3.8, 4) is 22.9 Å². The van der Waals surface area contributed by atoms with Crippen molar-refractivity contribution in [2.45, 2.75) is 0 Å². The number of nitrogens with zero attached hydrogens (tertiary/aromatic N) is 3. The fourth-order valence-electron chi connectivity index (χ4n) is 3.03. The SMILES string of the molecule is COc1ccc(-c2n[nH]c(=S)n2N=Cc2c(OC)ccc3ccccc23)cc1. The van der Waals surface area contributed by atoms with Crippen LogP contribution in [-0.4, -0.2) is 35.3 Å². The van der Waals surface area contributed by atoms with Crippen molar-refractivity contribution < 1.29 is 9.47 Å². The summed E-state index contributed by atoms with van der Waals surface area (Å²) < 4.78 is 12.7. The standard InChI is InChI=1S/C21H18N4O2S/c1-26-16-10-7-15(8-11-16)20-23-24-21(28)25(20)22-13-18-17-6-4-3-5-14(17)9-12-19(18)27-2/h3-13H,1-2H3,(H,24,28). The normalized spacial score (nSPS) is 11.2. The Labute approximate surface area is 167 Å². The zero-order chi connectivity index (χ0) is 19.5. The lowest BCUT2D eigenvalue weighted by Gasteiger charge is -2.08. The number of hydrogen-bond donors (Lipinski definition) is 1. The van der Waals surface area contributed by atoms with Crippen LogP contribution in [0.3, 0.4) is 0 Å². The molecule has 28 heavy (non-hydrogen) atoms. The van der Waals surface area contributed by atoms with E-state index in [-0.39, 0.29) is 0 Å². The topological polar surface area (TPSA) is 64.4 Å². The van der Waals surface area contributed by atoms with Crippen LogP contribution in [-0.2, 0) is 0 Å². The van der Waals surface area contributed by atoms with Gasteiger partial charge in [0.25, 0.3) is 0 Å². The Morgan fingerprint density at radius 3 is 2.54 bits per heavy atom. The van der Waals surface area contributed by atoms with Gasteiger partial charge in [-0.1, -0.05) is 30.3 Å². The summed E-state index contributed by atoms with van der Waals surface area (Å²) in [6, 6.07) is 19.6. The zero-order valence-corrected chi connectivity index (χ0v) is 16.2. The Bertz CT molecular complexity index is 1210.